The van der Waals surface area contributed by atoms with Crippen LogP contribution >= 0.6 is 0 Å². The standard InChI is InChI=1S/CH3NO2.BF4/c1-2(3)4;2-1(3,4)5/h1H3;/q;-1. The summed E-state index contributed by atoms with van der Waals surface area (Å²) < 4.78 is 39.0. The normalized spacial score (nSPS) is 9.44. The van der Waals surface area contributed by atoms with E-state index in [0.717, 1.165) is 7.05 Å². The average molecular weight is 148 g/mol. The molecule has 9 heavy (non-hydrogen) atoms. The molecule has 0 aromatic rings. The van der Waals surface area contributed by atoms with Gasteiger partial charge in [-0.25, -0.2) is 0 Å². The summed E-state index contributed by atoms with van der Waals surface area (Å²) in [5, 5.41) is 8.81. The van der Waals surface area contributed by atoms with Crippen molar-refractivity contribution in [1.82, 2.24) is 0 Å². The highest BCUT2D eigenvalue weighted by atomic mass is 19.5. The number of nitro groups is 1. The quantitative estimate of drug-likeness (QED) is 0.224. The molecule has 0 atom stereocenters. The van der Waals surface area contributed by atoms with Crippen molar-refractivity contribution in [3.63, 3.8) is 0 Å². The molecule has 0 saturated heterocycles. The van der Waals surface area contributed by atoms with Crippen LogP contribution in [0.4, 0.5) is 17.3 Å². The lowest BCUT2D eigenvalue weighted by atomic mass is 10.3. The van der Waals surface area contributed by atoms with Crippen LogP contribution in [0.15, 0.2) is 0 Å². The fraction of sp³-hybridized carbons (Fsp3) is 1.00. The van der Waals surface area contributed by atoms with Crippen molar-refractivity contribution in [2.45, 2.75) is 0 Å². The maximum atomic E-state index is 9.75. The molecule has 0 bridgehead atoms. The maximum Gasteiger partial charge on any atom is 0.673 e. The van der Waals surface area contributed by atoms with Crippen molar-refractivity contribution in [1.29, 1.82) is 0 Å². The monoisotopic (exact) mass is 148 g/mol. The van der Waals surface area contributed by atoms with Crippen molar-refractivity contribution < 1.29 is 22.2 Å². The van der Waals surface area contributed by atoms with Gasteiger partial charge in [0.1, 0.15) is 0 Å². The van der Waals surface area contributed by atoms with Crippen LogP contribution in [0.1, 0.15) is 0 Å². The zero-order chi connectivity index (χ0) is 8.08. The molecule has 0 aliphatic carbocycles. The van der Waals surface area contributed by atoms with Gasteiger partial charge in [-0.15, -0.1) is 0 Å². The van der Waals surface area contributed by atoms with Gasteiger partial charge >= 0.3 is 7.25 Å². The molecule has 8 heteroatoms. The van der Waals surface area contributed by atoms with Crippen LogP contribution in [-0.4, -0.2) is 19.2 Å². The number of nitrogens with zero attached hydrogens (tertiary/aromatic N) is 1. The van der Waals surface area contributed by atoms with Gasteiger partial charge in [0.05, 0.1) is 0 Å². The molecule has 0 heterocycles. The first kappa shape index (κ1) is 11.0. The molecule has 0 N–H and O–H groups in total. The topological polar surface area (TPSA) is 43.1 Å². The SMILES string of the molecule is C[N+](=O)[O-].F[B-](F)(F)F. The van der Waals surface area contributed by atoms with Crippen LogP contribution in [0.5, 0.6) is 0 Å². The van der Waals surface area contributed by atoms with Crippen molar-refractivity contribution in [3.8, 4) is 0 Å². The van der Waals surface area contributed by atoms with E-state index in [2.05, 4.69) is 0 Å². The fourth-order valence-corrected chi connectivity index (χ4v) is 0. The Morgan fingerprint density at radius 1 is 1.33 bits per heavy atom. The van der Waals surface area contributed by atoms with Gasteiger partial charge in [-0.05, 0) is 0 Å². The smallest absolute Gasteiger partial charge is 0.418 e. The Bertz CT molecular complexity index is 81.1. The van der Waals surface area contributed by atoms with Crippen molar-refractivity contribution in [2.75, 3.05) is 7.05 Å². The second-order valence-electron chi connectivity index (χ2n) is 0.935. The van der Waals surface area contributed by atoms with E-state index in [9.17, 15) is 17.3 Å². The molecule has 0 saturated carbocycles. The molecule has 0 amide bonds. The second-order valence-corrected chi connectivity index (χ2v) is 0.935. The highest BCUT2D eigenvalue weighted by Gasteiger charge is 2.20. The molecule has 0 aromatic heterocycles. The summed E-state index contributed by atoms with van der Waals surface area (Å²) in [5.41, 5.74) is 0. The summed E-state index contributed by atoms with van der Waals surface area (Å²) in [6.45, 7) is 0. The molecule has 0 aromatic carbocycles. The van der Waals surface area contributed by atoms with Gasteiger partial charge in [-0.3, -0.25) is 10.1 Å². The lowest BCUT2D eigenvalue weighted by Gasteiger charge is -1.94. The summed E-state index contributed by atoms with van der Waals surface area (Å²) in [6.07, 6.45) is 0. The number of hydrogen-bond acceptors (Lipinski definition) is 2. The Labute approximate surface area is 47.9 Å². The van der Waals surface area contributed by atoms with Crippen LogP contribution in [0.25, 0.3) is 0 Å². The largest absolute Gasteiger partial charge is 0.673 e. The summed E-state index contributed by atoms with van der Waals surface area (Å²) in [4.78, 5) is 8.31. The predicted octanol–water partition coefficient (Wildman–Crippen LogP) is 1.19. The Morgan fingerprint density at radius 2 is 1.33 bits per heavy atom. The minimum absolute atomic E-state index is 0.500. The Hall–Kier alpha value is -0.815. The molecule has 0 spiro atoms. The van der Waals surface area contributed by atoms with Crippen LogP contribution in [-0.2, 0) is 0 Å². The van der Waals surface area contributed by atoms with Gasteiger partial charge in [0, 0.05) is 4.92 Å². The third kappa shape index (κ3) is 291. The maximum absolute atomic E-state index is 9.75. The van der Waals surface area contributed by atoms with Gasteiger partial charge < -0.3 is 17.3 Å². The minimum atomic E-state index is -6.00. The molecule has 0 fully saturated rings. The molecular weight excluding hydrogens is 145 g/mol. The predicted molar refractivity (Wildman–Crippen MR) is 23.1 cm³/mol. The summed E-state index contributed by atoms with van der Waals surface area (Å²) in [6, 6.07) is 0. The molecule has 0 aliphatic rings. The number of rotatable bonds is 0. The van der Waals surface area contributed by atoms with E-state index in [-0.39, 0.29) is 0 Å². The van der Waals surface area contributed by atoms with Gasteiger partial charge in [-0.2, -0.15) is 0 Å². The molecule has 0 unspecified atom stereocenters. The van der Waals surface area contributed by atoms with Crippen LogP contribution < -0.4 is 0 Å². The van der Waals surface area contributed by atoms with Crippen LogP contribution in [0, 0.1) is 10.1 Å². The van der Waals surface area contributed by atoms with Crippen LogP contribution in [0.2, 0.25) is 0 Å². The summed E-state index contributed by atoms with van der Waals surface area (Å²) in [7, 11) is -5.11. The van der Waals surface area contributed by atoms with E-state index < -0.39 is 12.2 Å². The first-order valence-corrected chi connectivity index (χ1v) is 1.69. The zero-order valence-electron chi connectivity index (χ0n) is 4.35. The molecule has 56 valence electrons. The van der Waals surface area contributed by atoms with E-state index in [0.29, 0.717) is 0 Å². The van der Waals surface area contributed by atoms with Crippen LogP contribution in [0.3, 0.4) is 0 Å². The molecular formula is CH3BF4NO2-. The van der Waals surface area contributed by atoms with E-state index in [1.165, 1.54) is 0 Å². The zero-order valence-corrected chi connectivity index (χ0v) is 4.35. The van der Waals surface area contributed by atoms with Gasteiger partial charge in [-0.1, -0.05) is 0 Å². The molecule has 0 radical (unpaired) electrons. The third-order valence-electron chi connectivity index (χ3n) is 0. The minimum Gasteiger partial charge on any atom is -0.418 e. The summed E-state index contributed by atoms with van der Waals surface area (Å²) in [5.74, 6) is 0. The first-order valence-electron chi connectivity index (χ1n) is 1.69. The third-order valence-corrected chi connectivity index (χ3v) is 0. The first-order chi connectivity index (χ1) is 3.73. The van der Waals surface area contributed by atoms with Gasteiger partial charge in [0.25, 0.3) is 0 Å². The Balaban J connectivity index is 0. The Morgan fingerprint density at radius 3 is 1.33 bits per heavy atom. The molecule has 0 aliphatic heterocycles. The highest BCUT2D eigenvalue weighted by molar-refractivity contribution is 6.50. The van der Waals surface area contributed by atoms with Crippen molar-refractivity contribution in [3.05, 3.63) is 10.1 Å². The number of hydrogen-bond donors (Lipinski definition) is 0. The van der Waals surface area contributed by atoms with E-state index >= 15 is 0 Å². The van der Waals surface area contributed by atoms with E-state index in [1.54, 1.807) is 0 Å². The lowest BCUT2D eigenvalue weighted by molar-refractivity contribution is -0.445. The lowest BCUT2D eigenvalue weighted by Crippen LogP contribution is -2.02. The molecule has 0 rings (SSSR count). The van der Waals surface area contributed by atoms with Crippen molar-refractivity contribution >= 4 is 7.25 Å². The Kier molecular flexibility index (Phi) is 5.04. The van der Waals surface area contributed by atoms with Crippen molar-refractivity contribution in [2.24, 2.45) is 0 Å². The highest BCUT2D eigenvalue weighted by Crippen LogP contribution is 2.06. The average Bonchev–Trinajstić information content (AvgIpc) is 1.19. The van der Waals surface area contributed by atoms with E-state index in [1.807, 2.05) is 0 Å². The fourth-order valence-electron chi connectivity index (χ4n) is 0. The summed E-state index contributed by atoms with van der Waals surface area (Å²) >= 11 is 0. The second kappa shape index (κ2) is 4.10. The van der Waals surface area contributed by atoms with Gasteiger partial charge in [0.2, 0.25) is 0 Å². The van der Waals surface area contributed by atoms with E-state index in [4.69, 9.17) is 10.1 Å². The number of halogens is 4. The van der Waals surface area contributed by atoms with Gasteiger partial charge in [0.15, 0.2) is 7.05 Å². The molecule has 3 nitrogen and oxygen atoms in total.